The summed E-state index contributed by atoms with van der Waals surface area (Å²) in [5, 5.41) is 3.08. The number of halogens is 3. The van der Waals surface area contributed by atoms with Crippen molar-refractivity contribution < 1.29 is 22.5 Å². The molecule has 1 aromatic carbocycles. The normalized spacial score (nSPS) is 18.4. The molecule has 2 aromatic rings. The standard InChI is InChI=1S/C13H8F3N3O2S/c14-13(15,16)8-1-3-9(4-2-8)19-5-10(22-11(19)6-20)12-17-7-21-18-12/h1-7,11H. The highest BCUT2D eigenvalue weighted by Crippen LogP contribution is 2.40. The summed E-state index contributed by atoms with van der Waals surface area (Å²) in [5.41, 5.74) is -0.274. The summed E-state index contributed by atoms with van der Waals surface area (Å²) in [7, 11) is 0. The second-order valence-electron chi connectivity index (χ2n) is 4.34. The number of hydrogen-bond acceptors (Lipinski definition) is 6. The Morgan fingerprint density at radius 3 is 2.55 bits per heavy atom. The first kappa shape index (κ1) is 14.6. The molecule has 0 spiro atoms. The van der Waals surface area contributed by atoms with Gasteiger partial charge in [-0.3, -0.25) is 0 Å². The number of thioether (sulfide) groups is 1. The maximum atomic E-state index is 12.6. The number of carbonyl (C=O) groups excluding carboxylic acids is 1. The van der Waals surface area contributed by atoms with E-state index in [9.17, 15) is 18.0 Å². The first-order valence-corrected chi connectivity index (χ1v) is 6.93. The minimum Gasteiger partial charge on any atom is -0.342 e. The Bertz CT molecular complexity index is 698. The molecule has 0 saturated heterocycles. The van der Waals surface area contributed by atoms with Crippen LogP contribution in [0.15, 0.2) is 41.4 Å². The molecule has 5 nitrogen and oxygen atoms in total. The average Bonchev–Trinajstić information content (AvgIpc) is 3.15. The minimum absolute atomic E-state index is 0.325. The second kappa shape index (κ2) is 5.48. The van der Waals surface area contributed by atoms with Crippen LogP contribution in [0.3, 0.4) is 0 Å². The number of nitrogens with zero attached hydrogens (tertiary/aromatic N) is 3. The summed E-state index contributed by atoms with van der Waals surface area (Å²) in [6.07, 6.45) is -0.926. The predicted molar refractivity (Wildman–Crippen MR) is 73.6 cm³/mol. The number of rotatable bonds is 3. The zero-order chi connectivity index (χ0) is 15.7. The summed E-state index contributed by atoms with van der Waals surface area (Å²) < 4.78 is 42.4. The summed E-state index contributed by atoms with van der Waals surface area (Å²) >= 11 is 1.19. The van der Waals surface area contributed by atoms with Crippen molar-refractivity contribution in [2.45, 2.75) is 11.6 Å². The Morgan fingerprint density at radius 2 is 2.00 bits per heavy atom. The van der Waals surface area contributed by atoms with Crippen molar-refractivity contribution in [3.05, 3.63) is 48.2 Å². The molecular formula is C13H8F3N3O2S. The van der Waals surface area contributed by atoms with E-state index in [2.05, 4.69) is 14.7 Å². The number of benzene rings is 1. The van der Waals surface area contributed by atoms with Crippen LogP contribution in [-0.2, 0) is 11.0 Å². The lowest BCUT2D eigenvalue weighted by atomic mass is 10.2. The molecule has 114 valence electrons. The number of aldehydes is 1. The monoisotopic (exact) mass is 327 g/mol. The summed E-state index contributed by atoms with van der Waals surface area (Å²) in [4.78, 5) is 17.2. The molecule has 0 bridgehead atoms. The smallest absolute Gasteiger partial charge is 0.342 e. The van der Waals surface area contributed by atoms with Gasteiger partial charge in [-0.1, -0.05) is 16.9 Å². The highest BCUT2D eigenvalue weighted by molar-refractivity contribution is 8.09. The van der Waals surface area contributed by atoms with E-state index in [0.717, 1.165) is 18.5 Å². The van der Waals surface area contributed by atoms with E-state index in [4.69, 9.17) is 0 Å². The first-order valence-electron chi connectivity index (χ1n) is 6.05. The maximum absolute atomic E-state index is 12.6. The molecular weight excluding hydrogens is 319 g/mol. The van der Waals surface area contributed by atoms with Crippen molar-refractivity contribution in [1.82, 2.24) is 10.1 Å². The summed E-state index contributed by atoms with van der Waals surface area (Å²) in [6.45, 7) is 0. The summed E-state index contributed by atoms with van der Waals surface area (Å²) in [6, 6.07) is 4.58. The molecule has 1 unspecified atom stereocenters. The van der Waals surface area contributed by atoms with Gasteiger partial charge in [-0.05, 0) is 24.3 Å². The molecule has 3 rings (SSSR count). The molecule has 22 heavy (non-hydrogen) atoms. The number of hydrogen-bond donors (Lipinski definition) is 0. The van der Waals surface area contributed by atoms with Gasteiger partial charge in [-0.15, -0.1) is 0 Å². The molecule has 1 atom stereocenters. The average molecular weight is 327 g/mol. The van der Waals surface area contributed by atoms with E-state index < -0.39 is 17.1 Å². The lowest BCUT2D eigenvalue weighted by molar-refractivity contribution is -0.137. The SMILES string of the molecule is O=CC1SC(c2ncon2)=CN1c1ccc(C(F)(F)F)cc1. The van der Waals surface area contributed by atoms with Gasteiger partial charge in [0.1, 0.15) is 5.37 Å². The highest BCUT2D eigenvalue weighted by Gasteiger charge is 2.32. The topological polar surface area (TPSA) is 59.2 Å². The Labute approximate surface area is 126 Å². The zero-order valence-electron chi connectivity index (χ0n) is 10.8. The molecule has 1 aliphatic heterocycles. The molecule has 9 heteroatoms. The third-order valence-corrected chi connectivity index (χ3v) is 4.09. The number of alkyl halides is 3. The van der Waals surface area contributed by atoms with Gasteiger partial charge < -0.3 is 14.2 Å². The molecule has 0 aliphatic carbocycles. The van der Waals surface area contributed by atoms with E-state index in [1.807, 2.05) is 0 Å². The quantitative estimate of drug-likeness (QED) is 0.807. The second-order valence-corrected chi connectivity index (χ2v) is 5.50. The van der Waals surface area contributed by atoms with Crippen molar-refractivity contribution in [2.24, 2.45) is 0 Å². The van der Waals surface area contributed by atoms with E-state index in [1.54, 1.807) is 11.1 Å². The molecule has 0 radical (unpaired) electrons. The number of aromatic nitrogens is 2. The molecule has 0 amide bonds. The van der Waals surface area contributed by atoms with Crippen molar-refractivity contribution in [1.29, 1.82) is 0 Å². The fourth-order valence-corrected chi connectivity index (χ4v) is 2.93. The van der Waals surface area contributed by atoms with Crippen LogP contribution in [0.25, 0.3) is 4.91 Å². The van der Waals surface area contributed by atoms with Gasteiger partial charge in [0.15, 0.2) is 6.29 Å². The predicted octanol–water partition coefficient (Wildman–Crippen LogP) is 3.17. The van der Waals surface area contributed by atoms with Gasteiger partial charge in [0, 0.05) is 11.9 Å². The van der Waals surface area contributed by atoms with Gasteiger partial charge >= 0.3 is 6.18 Å². The van der Waals surface area contributed by atoms with E-state index in [0.29, 0.717) is 22.7 Å². The lowest BCUT2D eigenvalue weighted by Gasteiger charge is -2.20. The van der Waals surface area contributed by atoms with Crippen molar-refractivity contribution in [2.75, 3.05) is 4.90 Å². The van der Waals surface area contributed by atoms with Crippen LogP contribution in [0.1, 0.15) is 11.4 Å². The van der Waals surface area contributed by atoms with E-state index in [1.165, 1.54) is 23.9 Å². The van der Waals surface area contributed by atoms with Crippen LogP contribution in [-0.4, -0.2) is 21.8 Å². The fraction of sp³-hybridized carbons (Fsp3) is 0.154. The maximum Gasteiger partial charge on any atom is 0.416 e. The highest BCUT2D eigenvalue weighted by atomic mass is 32.2. The van der Waals surface area contributed by atoms with Crippen LogP contribution in [0.4, 0.5) is 18.9 Å². The van der Waals surface area contributed by atoms with Crippen LogP contribution in [0.2, 0.25) is 0 Å². The van der Waals surface area contributed by atoms with E-state index in [-0.39, 0.29) is 0 Å². The third kappa shape index (κ3) is 2.71. The van der Waals surface area contributed by atoms with Gasteiger partial charge in [0.05, 0.1) is 10.5 Å². The lowest BCUT2D eigenvalue weighted by Crippen LogP contribution is -2.25. The van der Waals surface area contributed by atoms with Gasteiger partial charge in [-0.2, -0.15) is 18.2 Å². The molecule has 1 aromatic heterocycles. The van der Waals surface area contributed by atoms with Gasteiger partial charge in [0.2, 0.25) is 12.2 Å². The molecule has 2 heterocycles. The van der Waals surface area contributed by atoms with Crippen LogP contribution in [0, 0.1) is 0 Å². The number of anilines is 1. The Balaban J connectivity index is 1.90. The van der Waals surface area contributed by atoms with Gasteiger partial charge in [-0.25, -0.2) is 0 Å². The molecule has 0 fully saturated rings. The Morgan fingerprint density at radius 1 is 1.27 bits per heavy atom. The van der Waals surface area contributed by atoms with Crippen molar-refractivity contribution in [3.63, 3.8) is 0 Å². The van der Waals surface area contributed by atoms with E-state index >= 15 is 0 Å². The molecule has 0 N–H and O–H groups in total. The van der Waals surface area contributed by atoms with Crippen LogP contribution < -0.4 is 4.90 Å². The fourth-order valence-electron chi connectivity index (χ4n) is 1.94. The van der Waals surface area contributed by atoms with Crippen LogP contribution in [0.5, 0.6) is 0 Å². The first-order chi connectivity index (χ1) is 10.5. The Hall–Kier alpha value is -2.29. The largest absolute Gasteiger partial charge is 0.416 e. The minimum atomic E-state index is -4.39. The number of carbonyl (C=O) groups is 1. The summed E-state index contributed by atoms with van der Waals surface area (Å²) in [5.74, 6) is 0.325. The Kier molecular flexibility index (Phi) is 3.65. The molecule has 0 saturated carbocycles. The van der Waals surface area contributed by atoms with Crippen LogP contribution >= 0.6 is 11.8 Å². The third-order valence-electron chi connectivity index (χ3n) is 2.97. The zero-order valence-corrected chi connectivity index (χ0v) is 11.6. The molecule has 1 aliphatic rings. The van der Waals surface area contributed by atoms with Gasteiger partial charge in [0.25, 0.3) is 0 Å². The van der Waals surface area contributed by atoms with Crippen molar-refractivity contribution >= 4 is 28.6 Å². The van der Waals surface area contributed by atoms with Crippen molar-refractivity contribution in [3.8, 4) is 0 Å².